The van der Waals surface area contributed by atoms with Crippen molar-refractivity contribution in [2.75, 3.05) is 25.5 Å². The van der Waals surface area contributed by atoms with E-state index in [0.29, 0.717) is 67.0 Å². The zero-order chi connectivity index (χ0) is 35.8. The topological polar surface area (TPSA) is 149 Å². The van der Waals surface area contributed by atoms with Gasteiger partial charge in [-0.05, 0) is 76.4 Å². The third-order valence-electron chi connectivity index (χ3n) is 8.79. The van der Waals surface area contributed by atoms with E-state index in [2.05, 4.69) is 51.6 Å². The molecule has 11 heteroatoms. The zero-order valence-electron chi connectivity index (χ0n) is 29.2. The molecule has 2 aromatic rings. The summed E-state index contributed by atoms with van der Waals surface area (Å²) < 4.78 is 0. The molecule has 264 valence electrons. The van der Waals surface area contributed by atoms with Crippen molar-refractivity contribution in [3.8, 4) is 0 Å². The summed E-state index contributed by atoms with van der Waals surface area (Å²) in [4.78, 5) is 62.2. The smallest absolute Gasteiger partial charge is 0.251 e. The van der Waals surface area contributed by atoms with Crippen molar-refractivity contribution in [3.05, 3.63) is 88.3 Å². The van der Waals surface area contributed by atoms with Crippen LogP contribution in [0.1, 0.15) is 124 Å². The third-order valence-corrected chi connectivity index (χ3v) is 8.79. The van der Waals surface area contributed by atoms with E-state index in [4.69, 9.17) is 0 Å². The maximum absolute atomic E-state index is 12.8. The molecule has 1 atom stereocenters. The van der Waals surface area contributed by atoms with Crippen LogP contribution in [0.3, 0.4) is 0 Å². The molecule has 0 aliphatic carbocycles. The van der Waals surface area contributed by atoms with Gasteiger partial charge < -0.3 is 26.6 Å². The molecule has 1 heterocycles. The number of benzene rings is 2. The summed E-state index contributed by atoms with van der Waals surface area (Å²) in [6.07, 6.45) is 9.88. The van der Waals surface area contributed by atoms with Gasteiger partial charge in [-0.1, -0.05) is 51.3 Å². The van der Waals surface area contributed by atoms with E-state index in [-0.39, 0.29) is 23.8 Å². The number of nitrogens with one attached hydrogen (secondary N) is 5. The number of anilines is 1. The van der Waals surface area contributed by atoms with Crippen LogP contribution in [0.2, 0.25) is 0 Å². The molecule has 0 radical (unpaired) electrons. The number of carbonyl (C=O) groups excluding carboxylic acids is 5. The summed E-state index contributed by atoms with van der Waals surface area (Å²) in [6.45, 7) is 13.7. The van der Waals surface area contributed by atoms with Crippen LogP contribution < -0.4 is 26.6 Å². The van der Waals surface area contributed by atoms with Crippen LogP contribution in [-0.4, -0.2) is 61.5 Å². The van der Waals surface area contributed by atoms with Gasteiger partial charge in [-0.15, -0.1) is 0 Å². The molecule has 11 nitrogen and oxygen atoms in total. The van der Waals surface area contributed by atoms with E-state index in [1.807, 2.05) is 14.0 Å². The first-order chi connectivity index (χ1) is 23.5. The lowest BCUT2D eigenvalue weighted by molar-refractivity contribution is -0.109. The van der Waals surface area contributed by atoms with Crippen LogP contribution in [0.15, 0.2) is 54.9 Å². The van der Waals surface area contributed by atoms with Crippen molar-refractivity contribution in [1.82, 2.24) is 26.2 Å². The lowest BCUT2D eigenvalue weighted by atomic mass is 10.0. The van der Waals surface area contributed by atoms with Crippen LogP contribution in [0, 0.1) is 0 Å². The summed E-state index contributed by atoms with van der Waals surface area (Å²) in [5, 5.41) is 14.5. The highest BCUT2D eigenvalue weighted by Gasteiger charge is 2.24. The summed E-state index contributed by atoms with van der Waals surface area (Å²) in [6, 6.07) is 8.77. The highest BCUT2D eigenvalue weighted by Crippen LogP contribution is 2.27. The second kappa shape index (κ2) is 19.9. The van der Waals surface area contributed by atoms with Gasteiger partial charge in [0.15, 0.2) is 0 Å². The quantitative estimate of drug-likeness (QED) is 0.0780. The van der Waals surface area contributed by atoms with Gasteiger partial charge >= 0.3 is 0 Å². The number of unbranched alkanes of at least 4 members (excludes halogenated alkanes) is 6. The molecule has 2 aromatic carbocycles. The fourth-order valence-corrected chi connectivity index (χ4v) is 5.73. The van der Waals surface area contributed by atoms with Crippen LogP contribution in [0.5, 0.6) is 0 Å². The molecule has 3 rings (SSSR count). The van der Waals surface area contributed by atoms with Gasteiger partial charge in [0, 0.05) is 77.1 Å². The van der Waals surface area contributed by atoms with E-state index in [9.17, 15) is 24.0 Å². The molecule has 1 aliphatic rings. The Bertz CT molecular complexity index is 1520. The number of rotatable bonds is 23. The van der Waals surface area contributed by atoms with E-state index in [1.165, 1.54) is 0 Å². The number of nitrogens with zero attached hydrogens (tertiary/aromatic N) is 1. The van der Waals surface area contributed by atoms with Gasteiger partial charge in [0.2, 0.25) is 6.41 Å². The lowest BCUT2D eigenvalue weighted by Crippen LogP contribution is -2.30. The molecule has 49 heavy (non-hydrogen) atoms. The first-order valence-corrected chi connectivity index (χ1v) is 17.1. The predicted molar refractivity (Wildman–Crippen MR) is 193 cm³/mol. The second-order valence-corrected chi connectivity index (χ2v) is 12.8. The molecule has 0 aromatic heterocycles. The molecule has 4 amide bonds. The van der Waals surface area contributed by atoms with Crippen molar-refractivity contribution in [2.24, 2.45) is 0 Å². The Hall–Kier alpha value is -4.77. The fraction of sp³-hybridized carbons (Fsp3) is 0.447. The van der Waals surface area contributed by atoms with E-state index >= 15 is 0 Å². The highest BCUT2D eigenvalue weighted by molar-refractivity contribution is 6.04. The number of amides is 4. The number of allylic oxidation sites excluding steroid dienone is 2. The normalized spacial score (nSPS) is 12.4. The summed E-state index contributed by atoms with van der Waals surface area (Å²) in [5.41, 5.74) is 5.83. The molecule has 5 N–H and O–H groups in total. The van der Waals surface area contributed by atoms with Crippen LogP contribution in [0.4, 0.5) is 5.69 Å². The van der Waals surface area contributed by atoms with Gasteiger partial charge in [0.25, 0.3) is 17.7 Å². The lowest BCUT2D eigenvalue weighted by Gasteiger charge is -2.25. The number of carbonyl (C=O) groups is 5. The maximum Gasteiger partial charge on any atom is 0.251 e. The fourth-order valence-electron chi connectivity index (χ4n) is 5.73. The molecule has 0 spiro atoms. The Labute approximate surface area is 290 Å². The Morgan fingerprint density at radius 3 is 2.18 bits per heavy atom. The average Bonchev–Trinajstić information content (AvgIpc) is 3.46. The van der Waals surface area contributed by atoms with Crippen molar-refractivity contribution in [2.45, 2.75) is 90.8 Å². The largest absolute Gasteiger partial charge is 0.359 e. The van der Waals surface area contributed by atoms with Gasteiger partial charge in [-0.25, -0.2) is 0 Å². The molecule has 1 aliphatic heterocycles. The minimum atomic E-state index is -0.199. The van der Waals surface area contributed by atoms with Gasteiger partial charge in [0.05, 0.1) is 0 Å². The van der Waals surface area contributed by atoms with Gasteiger partial charge in [0.1, 0.15) is 6.29 Å². The Kier molecular flexibility index (Phi) is 15.7. The molecule has 0 fully saturated rings. The monoisotopic (exact) mass is 672 g/mol. The number of hydrogen-bond acceptors (Lipinski definition) is 7. The van der Waals surface area contributed by atoms with Gasteiger partial charge in [-0.2, -0.15) is 0 Å². The van der Waals surface area contributed by atoms with Crippen LogP contribution >= 0.6 is 0 Å². The maximum atomic E-state index is 12.8. The number of aldehydes is 1. The molecular weight excluding hydrogens is 620 g/mol. The molecule has 0 saturated carbocycles. The Balaban J connectivity index is 1.30. The third kappa shape index (κ3) is 12.3. The van der Waals surface area contributed by atoms with Crippen LogP contribution in [0.25, 0.3) is 0 Å². The van der Waals surface area contributed by atoms with Crippen molar-refractivity contribution in [3.63, 3.8) is 0 Å². The Morgan fingerprint density at radius 1 is 0.939 bits per heavy atom. The summed E-state index contributed by atoms with van der Waals surface area (Å²) >= 11 is 0. The van der Waals surface area contributed by atoms with Crippen LogP contribution in [-0.2, 0) is 17.9 Å². The first kappa shape index (κ1) is 38.7. The van der Waals surface area contributed by atoms with E-state index in [0.717, 1.165) is 80.2 Å². The second-order valence-electron chi connectivity index (χ2n) is 12.8. The minimum Gasteiger partial charge on any atom is -0.359 e. The predicted octanol–water partition coefficient (Wildman–Crippen LogP) is 5.44. The minimum absolute atomic E-state index is 0.154. The summed E-state index contributed by atoms with van der Waals surface area (Å²) in [5.74, 6) is -0.526. The number of hydrogen-bond donors (Lipinski definition) is 5. The van der Waals surface area contributed by atoms with Crippen molar-refractivity contribution < 1.29 is 24.0 Å². The summed E-state index contributed by atoms with van der Waals surface area (Å²) in [7, 11) is 1.97. The molecule has 0 saturated heterocycles. The van der Waals surface area contributed by atoms with E-state index in [1.54, 1.807) is 30.3 Å². The molecule has 0 bridgehead atoms. The molecule has 1 unspecified atom stereocenters. The average molecular weight is 673 g/mol. The zero-order valence-corrected chi connectivity index (χ0v) is 29.2. The first-order valence-electron chi connectivity index (χ1n) is 17.1. The highest BCUT2D eigenvalue weighted by atomic mass is 16.2. The Morgan fingerprint density at radius 2 is 1.57 bits per heavy atom. The molecular formula is C38H52N6O5. The van der Waals surface area contributed by atoms with Crippen molar-refractivity contribution >= 4 is 36.1 Å². The van der Waals surface area contributed by atoms with E-state index < -0.39 is 0 Å². The van der Waals surface area contributed by atoms with Gasteiger partial charge in [-0.3, -0.25) is 28.9 Å². The van der Waals surface area contributed by atoms with Crippen molar-refractivity contribution in [1.29, 1.82) is 0 Å². The number of fused-ring (bicyclic) bond motifs is 1. The SMILES string of the molecule is C=C(C)Nc1cc(C(=O)NCCCCCCCCCNC(=O)c2ccc(C=O)c(CN(C)C(C)CCC(=C)NC=O)c2)cc2c1CNC2=O. The standard InChI is InChI=1S/C38H52N6O5/c1-26(2)43-35-21-31(20-33-34(35)22-41-38(33)49)37(48)40-18-12-10-8-6-7-9-11-17-39-36(47)29-15-16-30(24-45)32(19-29)23-44(5)28(4)14-13-27(3)42-25-46/h15-16,19-21,24-25,28,43H,1,3,6-14,17-18,22-23H2,2,4-5H3,(H,39,47)(H,40,48)(H,41,49)(H,42,46).